The van der Waals surface area contributed by atoms with E-state index >= 15 is 0 Å². The molecule has 1 heterocycles. The minimum atomic E-state index is -1.32. The van der Waals surface area contributed by atoms with Gasteiger partial charge in [0.05, 0.1) is 18.6 Å². The van der Waals surface area contributed by atoms with E-state index in [-0.39, 0.29) is 23.5 Å². The van der Waals surface area contributed by atoms with Gasteiger partial charge >= 0.3 is 0 Å². The van der Waals surface area contributed by atoms with Crippen molar-refractivity contribution in [3.63, 3.8) is 0 Å². The second-order valence-electron chi connectivity index (χ2n) is 7.23. The van der Waals surface area contributed by atoms with E-state index in [1.54, 1.807) is 14.0 Å². The van der Waals surface area contributed by atoms with Gasteiger partial charge in [0.2, 0.25) is 11.8 Å². The van der Waals surface area contributed by atoms with Crippen LogP contribution in [0.5, 0.6) is 5.75 Å². The van der Waals surface area contributed by atoms with Gasteiger partial charge in [0.15, 0.2) is 0 Å². The van der Waals surface area contributed by atoms with Crippen molar-refractivity contribution >= 4 is 16.7 Å². The van der Waals surface area contributed by atoms with Crippen LogP contribution in [0.3, 0.4) is 0 Å². The molecule has 1 fully saturated rings. The number of benzene rings is 1. The molecular formula is C21H28N2O4S. The minimum Gasteiger partial charge on any atom is -0.497 e. The molecule has 1 aliphatic carbocycles. The zero-order chi connectivity index (χ0) is 19.9. The lowest BCUT2D eigenvalue weighted by atomic mass is 10.1. The molecule has 2 aromatic rings. The summed E-state index contributed by atoms with van der Waals surface area (Å²) < 4.78 is 23.4. The number of aromatic nitrogens is 1. The summed E-state index contributed by atoms with van der Waals surface area (Å²) in [7, 11) is 0.292. The lowest BCUT2D eigenvalue weighted by Crippen LogP contribution is -2.37. The Labute approximate surface area is 168 Å². The first-order valence-electron chi connectivity index (χ1n) is 9.80. The van der Waals surface area contributed by atoms with Crippen molar-refractivity contribution < 1.29 is 18.2 Å². The van der Waals surface area contributed by atoms with Gasteiger partial charge in [-0.05, 0) is 44.0 Å². The quantitative estimate of drug-likeness (QED) is 0.711. The van der Waals surface area contributed by atoms with Crippen LogP contribution in [0.2, 0.25) is 0 Å². The SMILES string of the molecule is COc1ccc(-c2nc(C[S@@](=O)CC(=O)NC3CCCCCC3)c(C)o2)cc1. The molecule has 0 bridgehead atoms. The van der Waals surface area contributed by atoms with Gasteiger partial charge in [-0.25, -0.2) is 4.98 Å². The Morgan fingerprint density at radius 2 is 1.89 bits per heavy atom. The van der Waals surface area contributed by atoms with Crippen LogP contribution >= 0.6 is 0 Å². The van der Waals surface area contributed by atoms with E-state index in [2.05, 4.69) is 10.3 Å². The number of oxazole rings is 1. The molecule has 1 amide bonds. The molecule has 0 unspecified atom stereocenters. The summed E-state index contributed by atoms with van der Waals surface area (Å²) in [4.78, 5) is 16.7. The summed E-state index contributed by atoms with van der Waals surface area (Å²) in [5.41, 5.74) is 1.46. The molecule has 1 aromatic carbocycles. The van der Waals surface area contributed by atoms with Gasteiger partial charge in [-0.15, -0.1) is 0 Å². The molecule has 3 rings (SSSR count). The highest BCUT2D eigenvalue weighted by Crippen LogP contribution is 2.24. The summed E-state index contributed by atoms with van der Waals surface area (Å²) in [6.07, 6.45) is 6.82. The van der Waals surface area contributed by atoms with Crippen LogP contribution < -0.4 is 10.1 Å². The number of nitrogens with one attached hydrogen (secondary N) is 1. The molecule has 1 aliphatic rings. The van der Waals surface area contributed by atoms with Gasteiger partial charge < -0.3 is 14.5 Å². The highest BCUT2D eigenvalue weighted by Gasteiger charge is 2.19. The van der Waals surface area contributed by atoms with Gasteiger partial charge in [-0.2, -0.15) is 0 Å². The Kier molecular flexibility index (Phi) is 7.25. The summed E-state index contributed by atoms with van der Waals surface area (Å²) in [6.45, 7) is 1.80. The van der Waals surface area contributed by atoms with Gasteiger partial charge in [0.25, 0.3) is 0 Å². The van der Waals surface area contributed by atoms with Crippen LogP contribution in [0, 0.1) is 6.92 Å². The molecule has 28 heavy (non-hydrogen) atoms. The first-order valence-corrected chi connectivity index (χ1v) is 11.3. The number of nitrogens with zero attached hydrogens (tertiary/aromatic N) is 1. The topological polar surface area (TPSA) is 81.4 Å². The standard InChI is InChI=1S/C21H28N2O4S/c1-15-19(23-21(27-15)16-9-11-18(26-2)12-10-16)13-28(25)14-20(24)22-17-7-5-3-4-6-8-17/h9-12,17H,3-8,13-14H2,1-2H3,(H,22,24)/t28-/m1/s1. The average Bonchev–Trinajstić information content (AvgIpc) is 2.87. The Morgan fingerprint density at radius 3 is 2.54 bits per heavy atom. The monoisotopic (exact) mass is 404 g/mol. The molecule has 0 spiro atoms. The van der Waals surface area contributed by atoms with Gasteiger partial charge in [-0.3, -0.25) is 9.00 Å². The average molecular weight is 405 g/mol. The fourth-order valence-electron chi connectivity index (χ4n) is 3.46. The van der Waals surface area contributed by atoms with Gasteiger partial charge in [-0.1, -0.05) is 25.7 Å². The zero-order valence-electron chi connectivity index (χ0n) is 16.5. The second kappa shape index (κ2) is 9.87. The van der Waals surface area contributed by atoms with E-state index in [0.29, 0.717) is 17.3 Å². The van der Waals surface area contributed by atoms with Crippen LogP contribution in [0.4, 0.5) is 0 Å². The highest BCUT2D eigenvalue weighted by molar-refractivity contribution is 7.84. The van der Waals surface area contributed by atoms with Crippen LogP contribution in [-0.2, 0) is 21.3 Å². The number of hydrogen-bond acceptors (Lipinski definition) is 5. The third-order valence-electron chi connectivity index (χ3n) is 5.04. The summed E-state index contributed by atoms with van der Waals surface area (Å²) in [5, 5.41) is 3.04. The predicted octanol–water partition coefficient (Wildman–Crippen LogP) is 3.75. The van der Waals surface area contributed by atoms with Gasteiger partial charge in [0, 0.05) is 22.4 Å². The summed E-state index contributed by atoms with van der Waals surface area (Å²) in [6, 6.07) is 7.63. The van der Waals surface area contributed by atoms with E-state index in [1.807, 2.05) is 24.3 Å². The normalized spacial score (nSPS) is 16.4. The number of aryl methyl sites for hydroxylation is 1. The third-order valence-corrected chi connectivity index (χ3v) is 6.22. The number of methoxy groups -OCH3 is 1. The smallest absolute Gasteiger partial charge is 0.232 e. The Hall–Kier alpha value is -2.15. The fraction of sp³-hybridized carbons (Fsp3) is 0.524. The summed E-state index contributed by atoms with van der Waals surface area (Å²) >= 11 is 0. The van der Waals surface area contributed by atoms with Crippen molar-refractivity contribution in [2.75, 3.05) is 12.9 Å². The van der Waals surface area contributed by atoms with E-state index in [4.69, 9.17) is 9.15 Å². The third kappa shape index (κ3) is 5.67. The number of rotatable bonds is 7. The Morgan fingerprint density at radius 1 is 1.21 bits per heavy atom. The van der Waals surface area contributed by atoms with Crippen molar-refractivity contribution in [2.45, 2.75) is 57.2 Å². The molecule has 1 aromatic heterocycles. The van der Waals surface area contributed by atoms with Gasteiger partial charge in [0.1, 0.15) is 17.3 Å². The predicted molar refractivity (Wildman–Crippen MR) is 110 cm³/mol. The number of carbonyl (C=O) groups excluding carboxylic acids is 1. The molecule has 0 aliphatic heterocycles. The van der Waals surface area contributed by atoms with Crippen molar-refractivity contribution in [3.8, 4) is 17.2 Å². The maximum absolute atomic E-state index is 12.5. The number of hydrogen-bond donors (Lipinski definition) is 1. The first kappa shape index (κ1) is 20.6. The van der Waals surface area contributed by atoms with Crippen LogP contribution in [0.15, 0.2) is 28.7 Å². The Bertz CT molecular complexity index is 808. The Balaban J connectivity index is 1.56. The minimum absolute atomic E-state index is 0.000664. The van der Waals surface area contributed by atoms with E-state index in [9.17, 15) is 9.00 Å². The lowest BCUT2D eigenvalue weighted by Gasteiger charge is -2.15. The van der Waals surface area contributed by atoms with Crippen LogP contribution in [-0.4, -0.2) is 34.0 Å². The molecular weight excluding hydrogens is 376 g/mol. The van der Waals surface area contributed by atoms with E-state index < -0.39 is 10.8 Å². The fourth-order valence-corrected chi connectivity index (χ4v) is 4.51. The molecule has 1 saturated carbocycles. The number of ether oxygens (including phenoxy) is 1. The van der Waals surface area contributed by atoms with Crippen LogP contribution in [0.25, 0.3) is 11.5 Å². The molecule has 0 saturated heterocycles. The maximum Gasteiger partial charge on any atom is 0.232 e. The molecule has 1 atom stereocenters. The van der Waals surface area contributed by atoms with Crippen molar-refractivity contribution in [1.82, 2.24) is 10.3 Å². The summed E-state index contributed by atoms with van der Waals surface area (Å²) in [5.74, 6) is 1.94. The molecule has 1 N–H and O–H groups in total. The first-order chi connectivity index (χ1) is 13.5. The van der Waals surface area contributed by atoms with Crippen molar-refractivity contribution in [1.29, 1.82) is 0 Å². The second-order valence-corrected chi connectivity index (χ2v) is 8.69. The number of carbonyl (C=O) groups is 1. The molecule has 152 valence electrons. The highest BCUT2D eigenvalue weighted by atomic mass is 32.2. The molecule has 6 nitrogen and oxygen atoms in total. The van der Waals surface area contributed by atoms with Crippen LogP contribution in [0.1, 0.15) is 50.0 Å². The zero-order valence-corrected chi connectivity index (χ0v) is 17.3. The maximum atomic E-state index is 12.5. The molecule has 0 radical (unpaired) electrons. The van der Waals surface area contributed by atoms with Crippen molar-refractivity contribution in [2.24, 2.45) is 0 Å². The molecule has 7 heteroatoms. The number of amides is 1. The lowest BCUT2D eigenvalue weighted by molar-refractivity contribution is -0.119. The van der Waals surface area contributed by atoms with E-state index in [1.165, 1.54) is 12.8 Å². The van der Waals surface area contributed by atoms with Crippen molar-refractivity contribution in [3.05, 3.63) is 35.7 Å². The largest absolute Gasteiger partial charge is 0.497 e. The van der Waals surface area contributed by atoms with E-state index in [0.717, 1.165) is 37.0 Å².